The normalized spacial score (nSPS) is 9.63. The zero-order valence-corrected chi connectivity index (χ0v) is 12.4. The average Bonchev–Trinajstić information content (AvgIpc) is 2.32. The molecule has 0 unspecified atom stereocenters. The lowest BCUT2D eigenvalue weighted by Gasteiger charge is -2.06. The monoisotopic (exact) mass is 336 g/mol. The minimum atomic E-state index is -0.355. The van der Waals surface area contributed by atoms with Gasteiger partial charge in [-0.1, -0.05) is 34.8 Å². The van der Waals surface area contributed by atoms with Gasteiger partial charge in [0.15, 0.2) is 0 Å². The van der Waals surface area contributed by atoms with E-state index in [2.05, 4.69) is 10.3 Å². The third kappa shape index (κ3) is 4.25. The first-order valence-corrected chi connectivity index (χ1v) is 6.07. The summed E-state index contributed by atoms with van der Waals surface area (Å²) in [6, 6.07) is 7.89. The Balaban J connectivity index is 0.00000180. The smallest absolute Gasteiger partial charge is 0.258 e. The van der Waals surface area contributed by atoms with Crippen molar-refractivity contribution in [3.05, 3.63) is 57.2 Å². The third-order valence-electron chi connectivity index (χ3n) is 2.14. The van der Waals surface area contributed by atoms with Crippen molar-refractivity contribution >= 4 is 58.9 Å². The Morgan fingerprint density at radius 2 is 1.74 bits per heavy atom. The topological polar surface area (TPSA) is 42.0 Å². The van der Waals surface area contributed by atoms with Crippen LogP contribution >= 0.6 is 47.2 Å². The number of anilines is 1. The van der Waals surface area contributed by atoms with Crippen LogP contribution in [0.2, 0.25) is 15.1 Å². The summed E-state index contributed by atoms with van der Waals surface area (Å²) in [7, 11) is 0. The summed E-state index contributed by atoms with van der Waals surface area (Å²) in [6.45, 7) is 0. The lowest BCUT2D eigenvalue weighted by atomic mass is 10.2. The molecule has 1 heterocycles. The van der Waals surface area contributed by atoms with E-state index in [1.807, 2.05) is 0 Å². The molecule has 0 atom stereocenters. The van der Waals surface area contributed by atoms with Gasteiger partial charge in [-0.05, 0) is 30.3 Å². The van der Waals surface area contributed by atoms with Crippen molar-refractivity contribution in [3.8, 4) is 0 Å². The van der Waals surface area contributed by atoms with Crippen molar-refractivity contribution in [2.24, 2.45) is 0 Å². The summed E-state index contributed by atoms with van der Waals surface area (Å²) >= 11 is 17.4. The Kier molecular flexibility index (Phi) is 5.88. The highest BCUT2D eigenvalue weighted by molar-refractivity contribution is 6.37. The number of aromatic nitrogens is 1. The zero-order chi connectivity index (χ0) is 13.1. The minimum absolute atomic E-state index is 0. The number of hydrogen-bond acceptors (Lipinski definition) is 2. The molecule has 19 heavy (non-hydrogen) atoms. The third-order valence-corrected chi connectivity index (χ3v) is 2.92. The first-order chi connectivity index (χ1) is 8.56. The van der Waals surface area contributed by atoms with Gasteiger partial charge >= 0.3 is 0 Å². The second-order valence-corrected chi connectivity index (χ2v) is 4.72. The van der Waals surface area contributed by atoms with Gasteiger partial charge in [-0.3, -0.25) is 4.79 Å². The van der Waals surface area contributed by atoms with Gasteiger partial charge in [0.2, 0.25) is 0 Å². The molecular weight excluding hydrogens is 330 g/mol. The molecule has 0 radical (unpaired) electrons. The highest BCUT2D eigenvalue weighted by Gasteiger charge is 2.11. The number of pyridine rings is 1. The summed E-state index contributed by atoms with van der Waals surface area (Å²) in [6.07, 6.45) is 1.45. The SMILES string of the molecule is Cl.O=C(Nc1ccc(Cl)cn1)c1ccc(Cl)cc1Cl. The molecule has 1 aromatic carbocycles. The van der Waals surface area contributed by atoms with Crippen molar-refractivity contribution in [1.82, 2.24) is 4.98 Å². The Hall–Kier alpha value is -1.000. The quantitative estimate of drug-likeness (QED) is 0.861. The number of carbonyl (C=O) groups excluding carboxylic acids is 1. The molecule has 2 aromatic rings. The van der Waals surface area contributed by atoms with Crippen LogP contribution < -0.4 is 5.32 Å². The summed E-state index contributed by atoms with van der Waals surface area (Å²) in [5.74, 6) is 0.0434. The van der Waals surface area contributed by atoms with Gasteiger partial charge in [0, 0.05) is 11.2 Å². The molecule has 0 bridgehead atoms. The van der Waals surface area contributed by atoms with E-state index in [0.29, 0.717) is 21.4 Å². The van der Waals surface area contributed by atoms with E-state index in [-0.39, 0.29) is 23.3 Å². The molecule has 0 saturated heterocycles. The molecule has 7 heteroatoms. The number of carbonyl (C=O) groups is 1. The number of nitrogens with zero attached hydrogens (tertiary/aromatic N) is 1. The molecule has 0 spiro atoms. The van der Waals surface area contributed by atoms with Gasteiger partial charge in [0.25, 0.3) is 5.91 Å². The van der Waals surface area contributed by atoms with Crippen LogP contribution in [0.25, 0.3) is 0 Å². The van der Waals surface area contributed by atoms with Crippen molar-refractivity contribution < 1.29 is 4.79 Å². The fraction of sp³-hybridized carbons (Fsp3) is 0. The lowest BCUT2D eigenvalue weighted by molar-refractivity contribution is 0.102. The summed E-state index contributed by atoms with van der Waals surface area (Å²) in [5.41, 5.74) is 0.331. The van der Waals surface area contributed by atoms with Crippen molar-refractivity contribution in [2.45, 2.75) is 0 Å². The van der Waals surface area contributed by atoms with E-state index in [9.17, 15) is 4.79 Å². The van der Waals surface area contributed by atoms with Crippen molar-refractivity contribution in [2.75, 3.05) is 5.32 Å². The molecule has 0 aliphatic rings. The van der Waals surface area contributed by atoms with E-state index < -0.39 is 0 Å². The number of rotatable bonds is 2. The van der Waals surface area contributed by atoms with Crippen LogP contribution in [0.4, 0.5) is 5.82 Å². The largest absolute Gasteiger partial charge is 0.307 e. The summed E-state index contributed by atoms with van der Waals surface area (Å²) in [4.78, 5) is 15.9. The first-order valence-electron chi connectivity index (χ1n) is 4.94. The van der Waals surface area contributed by atoms with Gasteiger partial charge in [-0.15, -0.1) is 12.4 Å². The minimum Gasteiger partial charge on any atom is -0.307 e. The molecule has 0 aliphatic carbocycles. The number of halogens is 4. The molecule has 0 fully saturated rings. The van der Waals surface area contributed by atoms with E-state index in [4.69, 9.17) is 34.8 Å². The molecule has 1 aromatic heterocycles. The maximum Gasteiger partial charge on any atom is 0.258 e. The molecule has 0 aliphatic heterocycles. The number of nitrogens with one attached hydrogen (secondary N) is 1. The van der Waals surface area contributed by atoms with Crippen LogP contribution in [-0.2, 0) is 0 Å². The Morgan fingerprint density at radius 1 is 1.05 bits per heavy atom. The molecule has 1 N–H and O–H groups in total. The molecule has 2 rings (SSSR count). The number of benzene rings is 1. The Morgan fingerprint density at radius 3 is 2.32 bits per heavy atom. The van der Waals surface area contributed by atoms with Crippen LogP contribution in [0.3, 0.4) is 0 Å². The summed E-state index contributed by atoms with van der Waals surface area (Å²) in [5, 5.41) is 3.87. The van der Waals surface area contributed by atoms with Gasteiger partial charge in [-0.25, -0.2) is 4.98 Å². The van der Waals surface area contributed by atoms with Crippen LogP contribution in [-0.4, -0.2) is 10.9 Å². The highest BCUT2D eigenvalue weighted by Crippen LogP contribution is 2.21. The predicted molar refractivity (Wildman–Crippen MR) is 80.9 cm³/mol. The van der Waals surface area contributed by atoms with Crippen LogP contribution in [0, 0.1) is 0 Å². The van der Waals surface area contributed by atoms with E-state index in [0.717, 1.165) is 0 Å². The van der Waals surface area contributed by atoms with Gasteiger partial charge in [0.1, 0.15) is 5.82 Å². The molecule has 1 amide bonds. The van der Waals surface area contributed by atoms with Crippen LogP contribution in [0.1, 0.15) is 10.4 Å². The van der Waals surface area contributed by atoms with E-state index in [1.165, 1.54) is 12.3 Å². The highest BCUT2D eigenvalue weighted by atomic mass is 35.5. The first kappa shape index (κ1) is 16.1. The maximum absolute atomic E-state index is 11.9. The number of hydrogen-bond donors (Lipinski definition) is 1. The Labute approximate surface area is 131 Å². The fourth-order valence-electron chi connectivity index (χ4n) is 1.31. The average molecular weight is 338 g/mol. The van der Waals surface area contributed by atoms with Gasteiger partial charge in [0.05, 0.1) is 15.6 Å². The second-order valence-electron chi connectivity index (χ2n) is 3.44. The molecule has 0 saturated carbocycles. The molecular formula is C12H8Cl4N2O. The van der Waals surface area contributed by atoms with Gasteiger partial charge in [-0.2, -0.15) is 0 Å². The molecule has 100 valence electrons. The molecule has 3 nitrogen and oxygen atoms in total. The fourth-order valence-corrected chi connectivity index (χ4v) is 1.91. The Bertz CT molecular complexity index is 587. The van der Waals surface area contributed by atoms with Crippen LogP contribution in [0.15, 0.2) is 36.5 Å². The van der Waals surface area contributed by atoms with E-state index in [1.54, 1.807) is 24.3 Å². The number of amides is 1. The maximum atomic E-state index is 11.9. The van der Waals surface area contributed by atoms with Crippen molar-refractivity contribution in [1.29, 1.82) is 0 Å². The standard InChI is InChI=1S/C12H7Cl3N2O.ClH/c13-7-1-3-9(10(15)5-7)12(18)17-11-4-2-8(14)6-16-11;/h1-6H,(H,16,17,18);1H. The van der Waals surface area contributed by atoms with Crippen LogP contribution in [0.5, 0.6) is 0 Å². The summed E-state index contributed by atoms with van der Waals surface area (Å²) < 4.78 is 0. The van der Waals surface area contributed by atoms with Crippen molar-refractivity contribution in [3.63, 3.8) is 0 Å². The van der Waals surface area contributed by atoms with E-state index >= 15 is 0 Å². The lowest BCUT2D eigenvalue weighted by Crippen LogP contribution is -2.13. The zero-order valence-electron chi connectivity index (χ0n) is 9.36. The second kappa shape index (κ2) is 6.96. The van der Waals surface area contributed by atoms with Gasteiger partial charge < -0.3 is 5.32 Å². The predicted octanol–water partition coefficient (Wildman–Crippen LogP) is 4.72.